The van der Waals surface area contributed by atoms with E-state index in [1.54, 1.807) is 0 Å². The van der Waals surface area contributed by atoms with Crippen molar-refractivity contribution in [3.05, 3.63) is 165 Å². The normalized spacial score (nSPS) is 9.20. The molecule has 40 heavy (non-hydrogen) atoms. The molecule has 0 saturated heterocycles. The van der Waals surface area contributed by atoms with Crippen LogP contribution in [0.4, 0.5) is 22.7 Å². The molecule has 0 atom stereocenters. The van der Waals surface area contributed by atoms with Gasteiger partial charge < -0.3 is 0 Å². The minimum absolute atomic E-state index is 0.364. The first-order valence-electron chi connectivity index (χ1n) is 13.0. The summed E-state index contributed by atoms with van der Waals surface area (Å²) in [6.45, 7) is -0.728. The third-order valence-electron chi connectivity index (χ3n) is 5.92. The largest absolute Gasteiger partial charge is 0.545 e. The van der Waals surface area contributed by atoms with Crippen molar-refractivity contribution >= 4 is 47.1 Å². The van der Waals surface area contributed by atoms with Gasteiger partial charge in [-0.2, -0.15) is 0 Å². The van der Waals surface area contributed by atoms with Gasteiger partial charge in [-0.25, -0.2) is 0 Å². The molecule has 0 amide bonds. The van der Waals surface area contributed by atoms with Gasteiger partial charge in [0.2, 0.25) is 23.9 Å². The molecule has 182 valence electrons. The molecule has 4 nitrogen and oxygen atoms in total. The average Bonchev–Trinajstić information content (AvgIpc) is 3.03. The van der Waals surface area contributed by atoms with Crippen molar-refractivity contribution in [2.45, 2.75) is 0 Å². The summed E-state index contributed by atoms with van der Waals surface area (Å²) in [5.41, 5.74) is 5.21. The molecule has 0 radical (unpaired) electrons. The Kier molecular flexibility index (Phi) is 8.81. The monoisotopic (exact) mass is 510 g/mol. The van der Waals surface area contributed by atoms with E-state index < -0.39 is 0 Å². The molecular formula is C34H24B2N4+4. The highest BCUT2D eigenvalue weighted by Gasteiger charge is 2.32. The summed E-state index contributed by atoms with van der Waals surface area (Å²) < 4.78 is 0. The molecule has 0 saturated carbocycles. The lowest BCUT2D eigenvalue weighted by Crippen LogP contribution is -2.32. The lowest BCUT2D eigenvalue weighted by atomic mass is 9.45. The van der Waals surface area contributed by atoms with Gasteiger partial charge in [-0.1, -0.05) is 97.1 Å². The fraction of sp³-hybridized carbons (Fsp3) is 0. The summed E-state index contributed by atoms with van der Waals surface area (Å²) in [6.07, 6.45) is 0. The van der Waals surface area contributed by atoms with Crippen LogP contribution in [0.3, 0.4) is 0 Å². The zero-order chi connectivity index (χ0) is 27.2. The number of para-hydroxylation sites is 4. The minimum Gasteiger partial charge on any atom is -0.0656 e. The number of hydrogen-bond donors (Lipinski definition) is 0. The van der Waals surface area contributed by atoms with Gasteiger partial charge in [0, 0.05) is 48.5 Å². The van der Waals surface area contributed by atoms with Gasteiger partial charge in [0.1, 0.15) is 0 Å². The Balaban J connectivity index is 1.47. The molecule has 5 aromatic carbocycles. The summed E-state index contributed by atoms with van der Waals surface area (Å²) >= 11 is 0. The first-order valence-corrected chi connectivity index (χ1v) is 13.0. The molecular weight excluding hydrogens is 486 g/mol. The Morgan fingerprint density at radius 2 is 0.525 bits per heavy atom. The van der Waals surface area contributed by atoms with E-state index in [9.17, 15) is 0 Å². The van der Waals surface area contributed by atoms with E-state index in [-0.39, 0.29) is 13.4 Å². The summed E-state index contributed by atoms with van der Waals surface area (Å²) in [5.74, 6) is 12.9. The van der Waals surface area contributed by atoms with Crippen LogP contribution in [0, 0.1) is 23.9 Å². The number of hydrogen-bond acceptors (Lipinski definition) is 0. The van der Waals surface area contributed by atoms with Crippen LogP contribution in [0.25, 0.3) is 19.4 Å². The van der Waals surface area contributed by atoms with Crippen LogP contribution in [0.5, 0.6) is 0 Å². The summed E-state index contributed by atoms with van der Waals surface area (Å²) in [5, 5.41) is 0. The Morgan fingerprint density at radius 3 is 0.750 bits per heavy atom. The highest BCUT2D eigenvalue weighted by atomic mass is 14.7. The Bertz CT molecular complexity index is 1550. The molecule has 0 unspecified atom stereocenters. The van der Waals surface area contributed by atoms with E-state index in [0.717, 1.165) is 33.7 Å². The van der Waals surface area contributed by atoms with Crippen LogP contribution in [-0.2, 0) is 0 Å². The molecule has 0 N–H and O–H groups in total. The van der Waals surface area contributed by atoms with Crippen LogP contribution >= 0.6 is 0 Å². The van der Waals surface area contributed by atoms with Gasteiger partial charge in [-0.3, -0.25) is 0 Å². The second kappa shape index (κ2) is 13.7. The molecule has 0 aromatic heterocycles. The standard InChI is InChI=1S/C34H24B2N4/c1-5-13-31(14-6-1)37-25-35(26-38-32-15-7-2-8-16-32)29-21-23-30(24-22-29)36(27-39-33-17-9-3-10-18-33)28-40-34-19-11-4-12-20-34/h1-24H/q+4. The quantitative estimate of drug-likeness (QED) is 0.215. The number of rotatable bonds is 2. The Hall–Kier alpha value is -5.81. The van der Waals surface area contributed by atoms with E-state index in [2.05, 4.69) is 43.3 Å². The van der Waals surface area contributed by atoms with Crippen molar-refractivity contribution in [3.8, 4) is 23.9 Å². The van der Waals surface area contributed by atoms with E-state index in [1.807, 2.05) is 146 Å². The first kappa shape index (κ1) is 25.8. The van der Waals surface area contributed by atoms with Crippen LogP contribution < -0.4 is 10.9 Å². The molecule has 0 aliphatic heterocycles. The molecule has 0 aliphatic rings. The lowest BCUT2D eigenvalue weighted by Gasteiger charge is -1.96. The van der Waals surface area contributed by atoms with Crippen molar-refractivity contribution in [2.24, 2.45) is 0 Å². The fourth-order valence-corrected chi connectivity index (χ4v) is 3.80. The molecule has 0 bridgehead atoms. The number of nitrogens with zero attached hydrogens (tertiary/aromatic N) is 4. The van der Waals surface area contributed by atoms with Gasteiger partial charge >= 0.3 is 36.2 Å². The third kappa shape index (κ3) is 7.60. The van der Waals surface area contributed by atoms with Crippen LogP contribution in [0.1, 0.15) is 0 Å². The molecule has 0 heterocycles. The van der Waals surface area contributed by atoms with Crippen molar-refractivity contribution in [1.29, 1.82) is 0 Å². The van der Waals surface area contributed by atoms with Crippen molar-refractivity contribution < 1.29 is 0 Å². The summed E-state index contributed by atoms with van der Waals surface area (Å²) in [4.78, 5) is 18.2. The van der Waals surface area contributed by atoms with E-state index in [0.29, 0.717) is 0 Å². The van der Waals surface area contributed by atoms with Crippen LogP contribution in [0.15, 0.2) is 146 Å². The van der Waals surface area contributed by atoms with Crippen molar-refractivity contribution in [3.63, 3.8) is 0 Å². The van der Waals surface area contributed by atoms with Gasteiger partial charge in [-0.05, 0) is 30.3 Å². The minimum atomic E-state index is -0.364. The first-order chi connectivity index (χ1) is 19.8. The highest BCUT2D eigenvalue weighted by molar-refractivity contribution is 6.88. The summed E-state index contributed by atoms with van der Waals surface area (Å²) in [7, 11) is 0. The maximum Gasteiger partial charge on any atom is 0.545 e. The van der Waals surface area contributed by atoms with E-state index in [4.69, 9.17) is 0 Å². The van der Waals surface area contributed by atoms with Crippen molar-refractivity contribution in [1.82, 2.24) is 0 Å². The number of benzene rings is 5. The average molecular weight is 510 g/mol. The van der Waals surface area contributed by atoms with Gasteiger partial charge in [-0.15, -0.1) is 0 Å². The van der Waals surface area contributed by atoms with E-state index in [1.165, 1.54) is 0 Å². The van der Waals surface area contributed by atoms with E-state index >= 15 is 0 Å². The van der Waals surface area contributed by atoms with Crippen LogP contribution in [-0.4, -0.2) is 13.4 Å². The molecule has 0 spiro atoms. The maximum absolute atomic E-state index is 4.55. The topological polar surface area (TPSA) is 17.4 Å². The molecule has 6 heteroatoms. The predicted molar refractivity (Wildman–Crippen MR) is 171 cm³/mol. The van der Waals surface area contributed by atoms with Gasteiger partial charge in [0.25, 0.3) is 0 Å². The fourth-order valence-electron chi connectivity index (χ4n) is 3.80. The Morgan fingerprint density at radius 1 is 0.300 bits per heavy atom. The lowest BCUT2D eigenvalue weighted by molar-refractivity contribution is 1.72. The third-order valence-corrected chi connectivity index (χ3v) is 5.92. The Labute approximate surface area is 235 Å². The van der Waals surface area contributed by atoms with Crippen LogP contribution in [0.2, 0.25) is 0 Å². The van der Waals surface area contributed by atoms with Gasteiger partial charge in [0.15, 0.2) is 0 Å². The molecule has 0 fully saturated rings. The highest BCUT2D eigenvalue weighted by Crippen LogP contribution is 2.13. The summed E-state index contributed by atoms with van der Waals surface area (Å²) in [6, 6.07) is 47.1. The maximum atomic E-state index is 4.55. The zero-order valence-corrected chi connectivity index (χ0v) is 21.8. The molecule has 5 aromatic rings. The second-order valence-corrected chi connectivity index (χ2v) is 8.84. The SMILES string of the molecule is C(#[N+]c1ccccc1)B(C#[N+]c1ccccc1)c1ccc(B(C#[N+]c2ccccc2)C#[N+]c2ccccc2)cc1. The zero-order valence-electron chi connectivity index (χ0n) is 21.8. The van der Waals surface area contributed by atoms with Gasteiger partial charge in [0.05, 0.1) is 0 Å². The van der Waals surface area contributed by atoms with Crippen molar-refractivity contribution in [2.75, 3.05) is 0 Å². The predicted octanol–water partition coefficient (Wildman–Crippen LogP) is 7.91. The smallest absolute Gasteiger partial charge is 0.0656 e. The molecule has 0 aliphatic carbocycles. The second-order valence-electron chi connectivity index (χ2n) is 8.84. The molecule has 5 rings (SSSR count).